The molecule has 0 fully saturated rings. The summed E-state index contributed by atoms with van der Waals surface area (Å²) in [4.78, 5) is 31.6. The quantitative estimate of drug-likeness (QED) is 0.617. The number of hydrogen-bond donors (Lipinski definition) is 2. The second-order valence-corrected chi connectivity index (χ2v) is 4.16. The van der Waals surface area contributed by atoms with E-state index in [9.17, 15) is 30.3 Å². The maximum absolute atomic E-state index is 10.4. The molecule has 2 aromatic rings. The van der Waals surface area contributed by atoms with E-state index in [-0.39, 0.29) is 0 Å². The average molecular weight is 337 g/mol. The standard InChI is InChI=1S/C6H3N3O7.C6H8N2/c10-6-4(8(13)14)1-3(7(11)12)2-5(6)9(15)16;7-5-6-1-3-8-4-2-6/h1-2,10H;1-4H,5,7H2. The maximum Gasteiger partial charge on any atom is 0.324 e. The van der Waals surface area contributed by atoms with Crippen LogP contribution in [0.1, 0.15) is 5.56 Å². The number of non-ortho nitro benzene ring substituents is 1. The van der Waals surface area contributed by atoms with E-state index in [0.717, 1.165) is 5.56 Å². The number of pyridine rings is 1. The summed E-state index contributed by atoms with van der Waals surface area (Å²) in [6.07, 6.45) is 3.48. The van der Waals surface area contributed by atoms with Crippen molar-refractivity contribution in [2.45, 2.75) is 6.54 Å². The number of phenols is 1. The number of nitro groups is 3. The smallest absolute Gasteiger partial charge is 0.324 e. The molecular formula is C12H11N5O7. The highest BCUT2D eigenvalue weighted by Gasteiger charge is 2.30. The molecule has 0 aliphatic carbocycles. The molecule has 12 nitrogen and oxygen atoms in total. The number of aromatic hydroxyl groups is 1. The van der Waals surface area contributed by atoms with Crippen LogP contribution in [0.15, 0.2) is 36.7 Å². The van der Waals surface area contributed by atoms with Gasteiger partial charge >= 0.3 is 11.4 Å². The van der Waals surface area contributed by atoms with E-state index < -0.39 is 37.6 Å². The first-order chi connectivity index (χ1) is 11.3. The van der Waals surface area contributed by atoms with Gasteiger partial charge in [-0.15, -0.1) is 0 Å². The van der Waals surface area contributed by atoms with E-state index >= 15 is 0 Å². The van der Waals surface area contributed by atoms with Crippen molar-refractivity contribution in [1.82, 2.24) is 4.98 Å². The van der Waals surface area contributed by atoms with Crippen molar-refractivity contribution < 1.29 is 19.9 Å². The van der Waals surface area contributed by atoms with Gasteiger partial charge in [0.25, 0.3) is 11.4 Å². The largest absolute Gasteiger partial charge is 0.497 e. The molecule has 0 unspecified atom stereocenters. The molecule has 3 N–H and O–H groups in total. The Kier molecular flexibility index (Phi) is 6.20. The zero-order valence-electron chi connectivity index (χ0n) is 11.9. The molecule has 1 aromatic carbocycles. The minimum atomic E-state index is -1.21. The molecule has 126 valence electrons. The molecule has 0 spiro atoms. The van der Waals surface area contributed by atoms with E-state index in [1.54, 1.807) is 12.4 Å². The molecular weight excluding hydrogens is 326 g/mol. The Morgan fingerprint density at radius 2 is 1.42 bits per heavy atom. The van der Waals surface area contributed by atoms with Gasteiger partial charge in [-0.1, -0.05) is 0 Å². The van der Waals surface area contributed by atoms with E-state index in [4.69, 9.17) is 10.8 Å². The van der Waals surface area contributed by atoms with Crippen LogP contribution in [0.4, 0.5) is 17.1 Å². The fraction of sp³-hybridized carbons (Fsp3) is 0.0833. The molecule has 0 saturated heterocycles. The SMILES string of the molecule is NCc1ccncc1.O=[N+]([O-])c1cc([N+](=O)[O-])c(O)c([N+](=O)[O-])c1. The zero-order valence-corrected chi connectivity index (χ0v) is 11.9. The highest BCUT2D eigenvalue weighted by atomic mass is 16.6. The van der Waals surface area contributed by atoms with Gasteiger partial charge in [0.15, 0.2) is 0 Å². The topological polar surface area (TPSA) is 189 Å². The molecule has 0 aliphatic rings. The molecule has 0 bridgehead atoms. The van der Waals surface area contributed by atoms with Gasteiger partial charge in [-0.25, -0.2) is 0 Å². The van der Waals surface area contributed by atoms with Gasteiger partial charge in [0, 0.05) is 18.9 Å². The van der Waals surface area contributed by atoms with Crippen LogP contribution in [0, 0.1) is 30.3 Å². The number of phenolic OH excluding ortho intramolecular Hbond substituents is 1. The second kappa shape index (κ2) is 8.09. The maximum atomic E-state index is 10.4. The molecule has 0 aliphatic heterocycles. The lowest BCUT2D eigenvalue weighted by Gasteiger charge is -1.97. The van der Waals surface area contributed by atoms with Crippen LogP contribution in [0.5, 0.6) is 5.75 Å². The summed E-state index contributed by atoms with van der Waals surface area (Å²) in [6, 6.07) is 4.70. The first-order valence-electron chi connectivity index (χ1n) is 6.17. The third kappa shape index (κ3) is 4.67. The Balaban J connectivity index is 0.000000300. The molecule has 1 aromatic heterocycles. The first-order valence-corrected chi connectivity index (χ1v) is 6.17. The number of hydrogen-bond acceptors (Lipinski definition) is 9. The number of nitro benzene ring substituents is 3. The molecule has 24 heavy (non-hydrogen) atoms. The molecule has 2 rings (SSSR count). The number of nitrogens with two attached hydrogens (primary N) is 1. The van der Waals surface area contributed by atoms with Crippen molar-refractivity contribution in [1.29, 1.82) is 0 Å². The fourth-order valence-electron chi connectivity index (χ4n) is 1.49. The fourth-order valence-corrected chi connectivity index (χ4v) is 1.49. The van der Waals surface area contributed by atoms with E-state index in [0.29, 0.717) is 18.7 Å². The van der Waals surface area contributed by atoms with Gasteiger partial charge in [-0.2, -0.15) is 0 Å². The van der Waals surface area contributed by atoms with Crippen LogP contribution >= 0.6 is 0 Å². The first kappa shape index (κ1) is 18.4. The Hall–Kier alpha value is -3.67. The molecule has 0 amide bonds. The van der Waals surface area contributed by atoms with Crippen molar-refractivity contribution in [2.75, 3.05) is 0 Å². The third-order valence-corrected chi connectivity index (χ3v) is 2.64. The minimum Gasteiger partial charge on any atom is -0.497 e. The monoisotopic (exact) mass is 337 g/mol. The average Bonchev–Trinajstić information content (AvgIpc) is 2.55. The lowest BCUT2D eigenvalue weighted by Crippen LogP contribution is -1.97. The summed E-state index contributed by atoms with van der Waals surface area (Å²) < 4.78 is 0. The van der Waals surface area contributed by atoms with Crippen LogP contribution in [-0.4, -0.2) is 24.9 Å². The van der Waals surface area contributed by atoms with Crippen LogP contribution in [0.2, 0.25) is 0 Å². The highest BCUT2D eigenvalue weighted by molar-refractivity contribution is 5.64. The number of nitrogens with zero attached hydrogens (tertiary/aromatic N) is 4. The Bertz CT molecular complexity index is 731. The van der Waals surface area contributed by atoms with Gasteiger partial charge < -0.3 is 10.8 Å². The van der Waals surface area contributed by atoms with Gasteiger partial charge in [-0.3, -0.25) is 35.3 Å². The van der Waals surface area contributed by atoms with Gasteiger partial charge in [-0.05, 0) is 17.7 Å². The second-order valence-electron chi connectivity index (χ2n) is 4.16. The molecule has 12 heteroatoms. The summed E-state index contributed by atoms with van der Waals surface area (Å²) in [5.41, 5.74) is 3.45. The summed E-state index contributed by atoms with van der Waals surface area (Å²) in [5, 5.41) is 40.2. The Morgan fingerprint density at radius 1 is 0.958 bits per heavy atom. The van der Waals surface area contributed by atoms with Crippen molar-refractivity contribution in [2.24, 2.45) is 5.73 Å². The molecule has 0 atom stereocenters. The van der Waals surface area contributed by atoms with Crippen molar-refractivity contribution in [3.05, 3.63) is 72.6 Å². The molecule has 1 heterocycles. The molecule has 0 saturated carbocycles. The summed E-state index contributed by atoms with van der Waals surface area (Å²) in [5.74, 6) is -1.21. The predicted octanol–water partition coefficient (Wildman–Crippen LogP) is 1.66. The Morgan fingerprint density at radius 3 is 1.71 bits per heavy atom. The number of rotatable bonds is 4. The lowest BCUT2D eigenvalue weighted by molar-refractivity contribution is -0.404. The van der Waals surface area contributed by atoms with Crippen LogP contribution in [0.25, 0.3) is 0 Å². The van der Waals surface area contributed by atoms with Crippen LogP contribution in [-0.2, 0) is 6.54 Å². The highest BCUT2D eigenvalue weighted by Crippen LogP contribution is 2.38. The molecule has 0 radical (unpaired) electrons. The van der Waals surface area contributed by atoms with E-state index in [1.165, 1.54) is 0 Å². The van der Waals surface area contributed by atoms with E-state index in [2.05, 4.69) is 4.98 Å². The van der Waals surface area contributed by atoms with Crippen LogP contribution in [0.3, 0.4) is 0 Å². The summed E-state index contributed by atoms with van der Waals surface area (Å²) in [6.45, 7) is 0.600. The zero-order chi connectivity index (χ0) is 18.3. The van der Waals surface area contributed by atoms with Crippen molar-refractivity contribution >= 4 is 17.1 Å². The number of aromatic nitrogens is 1. The van der Waals surface area contributed by atoms with Crippen LogP contribution < -0.4 is 5.73 Å². The predicted molar refractivity (Wildman–Crippen MR) is 80.2 cm³/mol. The Labute approximate surface area is 133 Å². The number of benzene rings is 1. The lowest BCUT2D eigenvalue weighted by atomic mass is 10.2. The van der Waals surface area contributed by atoms with Crippen molar-refractivity contribution in [3.8, 4) is 5.75 Å². The van der Waals surface area contributed by atoms with Gasteiger partial charge in [0.05, 0.1) is 26.9 Å². The minimum absolute atomic E-state index is 0.447. The summed E-state index contributed by atoms with van der Waals surface area (Å²) >= 11 is 0. The normalized spacial score (nSPS) is 9.54. The van der Waals surface area contributed by atoms with E-state index in [1.807, 2.05) is 12.1 Å². The van der Waals surface area contributed by atoms with Crippen molar-refractivity contribution in [3.63, 3.8) is 0 Å². The summed E-state index contributed by atoms with van der Waals surface area (Å²) in [7, 11) is 0. The van der Waals surface area contributed by atoms with Gasteiger partial charge in [0.2, 0.25) is 0 Å². The third-order valence-electron chi connectivity index (χ3n) is 2.64. The van der Waals surface area contributed by atoms with Gasteiger partial charge in [0.1, 0.15) is 0 Å².